The molecule has 7 nitrogen and oxygen atoms in total. The monoisotopic (exact) mass is 372 g/mol. The summed E-state index contributed by atoms with van der Waals surface area (Å²) in [7, 11) is 0. The number of esters is 1. The maximum Gasteiger partial charge on any atom is 0.341 e. The topological polar surface area (TPSA) is 97.6 Å². The highest BCUT2D eigenvalue weighted by Crippen LogP contribution is 2.21. The molecule has 1 heterocycles. The van der Waals surface area contributed by atoms with E-state index in [1.54, 1.807) is 20.8 Å². The van der Waals surface area contributed by atoms with Crippen LogP contribution in [0.15, 0.2) is 17.1 Å². The van der Waals surface area contributed by atoms with Crippen molar-refractivity contribution in [3.05, 3.63) is 45.5 Å². The molecule has 2 N–H and O–H groups in total. The molecular formula is C16H15F3N2O5. The SMILES string of the molecule is CC(C)(C)OC(=O)CNn1cc(C(=O)O)c(=O)c2cc(F)c(F)c(F)c21. The van der Waals surface area contributed by atoms with Gasteiger partial charge in [-0.05, 0) is 26.8 Å². The Balaban J connectivity index is 2.59. The molecule has 0 aliphatic carbocycles. The summed E-state index contributed by atoms with van der Waals surface area (Å²) in [6.45, 7) is 4.28. The van der Waals surface area contributed by atoms with Crippen LogP contribution < -0.4 is 10.9 Å². The van der Waals surface area contributed by atoms with Crippen molar-refractivity contribution in [2.75, 3.05) is 12.0 Å². The zero-order chi connectivity index (χ0) is 19.8. The van der Waals surface area contributed by atoms with Crippen LogP contribution in [-0.2, 0) is 9.53 Å². The van der Waals surface area contributed by atoms with Crippen molar-refractivity contribution in [2.45, 2.75) is 26.4 Å². The summed E-state index contributed by atoms with van der Waals surface area (Å²) in [6.07, 6.45) is 0.678. The zero-order valence-electron chi connectivity index (χ0n) is 14.0. The molecule has 2 rings (SSSR count). The lowest BCUT2D eigenvalue weighted by atomic mass is 10.1. The number of nitrogens with one attached hydrogen (secondary N) is 1. The fourth-order valence-electron chi connectivity index (χ4n) is 2.20. The lowest BCUT2D eigenvalue weighted by Crippen LogP contribution is -2.32. The number of carboxylic acids is 1. The van der Waals surface area contributed by atoms with Crippen LogP contribution in [0.5, 0.6) is 0 Å². The van der Waals surface area contributed by atoms with E-state index in [0.29, 0.717) is 16.9 Å². The molecule has 0 amide bonds. The lowest BCUT2D eigenvalue weighted by molar-refractivity contribution is -0.152. The van der Waals surface area contributed by atoms with Gasteiger partial charge in [-0.3, -0.25) is 14.3 Å². The number of benzene rings is 1. The molecule has 26 heavy (non-hydrogen) atoms. The Hall–Kier alpha value is -3.04. The van der Waals surface area contributed by atoms with E-state index in [1.807, 2.05) is 0 Å². The number of aromatic nitrogens is 1. The number of pyridine rings is 1. The molecule has 0 atom stereocenters. The van der Waals surface area contributed by atoms with E-state index in [0.717, 1.165) is 0 Å². The number of carbonyl (C=O) groups is 2. The van der Waals surface area contributed by atoms with Crippen LogP contribution in [0.4, 0.5) is 13.2 Å². The summed E-state index contributed by atoms with van der Waals surface area (Å²) in [5.41, 5.74) is -1.23. The average Bonchev–Trinajstić information content (AvgIpc) is 2.50. The number of hydrogen-bond donors (Lipinski definition) is 2. The number of nitrogens with zero attached hydrogens (tertiary/aromatic N) is 1. The number of carbonyl (C=O) groups excluding carboxylic acids is 1. The number of fused-ring (bicyclic) bond motifs is 1. The standard InChI is InChI=1S/C16H15F3N2O5/c1-16(2,3)26-10(22)5-20-21-6-8(15(24)25)14(23)7-4-9(17)11(18)12(19)13(7)21/h4,6,20H,5H2,1-3H3,(H,24,25). The molecule has 10 heteroatoms. The molecule has 0 spiro atoms. The van der Waals surface area contributed by atoms with Crippen LogP contribution in [0, 0.1) is 17.5 Å². The molecule has 0 unspecified atom stereocenters. The maximum absolute atomic E-state index is 14.1. The van der Waals surface area contributed by atoms with Crippen molar-refractivity contribution in [3.8, 4) is 0 Å². The minimum absolute atomic E-state index is 0.397. The van der Waals surface area contributed by atoms with E-state index < -0.39 is 63.4 Å². The minimum atomic E-state index is -1.84. The van der Waals surface area contributed by atoms with Gasteiger partial charge in [0.25, 0.3) is 0 Å². The van der Waals surface area contributed by atoms with Crippen LogP contribution in [-0.4, -0.2) is 33.9 Å². The van der Waals surface area contributed by atoms with Crippen LogP contribution >= 0.6 is 0 Å². The van der Waals surface area contributed by atoms with Gasteiger partial charge in [0.1, 0.15) is 23.2 Å². The third kappa shape index (κ3) is 3.79. The van der Waals surface area contributed by atoms with Gasteiger partial charge in [0.2, 0.25) is 5.43 Å². The number of carboxylic acid groups (broad SMARTS) is 1. The predicted octanol–water partition coefficient (Wildman–Crippen LogP) is 2.00. The second-order valence-corrected chi connectivity index (χ2v) is 6.35. The fourth-order valence-corrected chi connectivity index (χ4v) is 2.20. The van der Waals surface area contributed by atoms with E-state index in [4.69, 9.17) is 9.84 Å². The largest absolute Gasteiger partial charge is 0.477 e. The highest BCUT2D eigenvalue weighted by Gasteiger charge is 2.23. The fraction of sp³-hybridized carbons (Fsp3) is 0.312. The highest BCUT2D eigenvalue weighted by atomic mass is 19.2. The van der Waals surface area contributed by atoms with Crippen molar-refractivity contribution in [1.29, 1.82) is 0 Å². The Morgan fingerprint density at radius 3 is 2.38 bits per heavy atom. The van der Waals surface area contributed by atoms with E-state index >= 15 is 0 Å². The van der Waals surface area contributed by atoms with E-state index in [9.17, 15) is 27.6 Å². The summed E-state index contributed by atoms with van der Waals surface area (Å²) in [4.78, 5) is 35.0. The molecular weight excluding hydrogens is 357 g/mol. The Labute approximate surface area is 145 Å². The Bertz CT molecular complexity index is 963. The van der Waals surface area contributed by atoms with Crippen LogP contribution in [0.25, 0.3) is 10.9 Å². The molecule has 1 aromatic carbocycles. The van der Waals surface area contributed by atoms with Crippen LogP contribution in [0.3, 0.4) is 0 Å². The summed E-state index contributed by atoms with van der Waals surface area (Å²) in [5.74, 6) is -7.62. The molecule has 0 aliphatic rings. The van der Waals surface area contributed by atoms with Crippen molar-refractivity contribution < 1.29 is 32.6 Å². The quantitative estimate of drug-likeness (QED) is 0.629. The van der Waals surface area contributed by atoms with Gasteiger partial charge >= 0.3 is 11.9 Å². The van der Waals surface area contributed by atoms with Crippen molar-refractivity contribution in [1.82, 2.24) is 4.68 Å². The molecule has 0 radical (unpaired) electrons. The van der Waals surface area contributed by atoms with Gasteiger partial charge in [0, 0.05) is 6.20 Å². The van der Waals surface area contributed by atoms with Gasteiger partial charge in [-0.2, -0.15) is 0 Å². The first-order chi connectivity index (χ1) is 11.9. The maximum atomic E-state index is 14.1. The molecule has 0 saturated carbocycles. The van der Waals surface area contributed by atoms with Crippen molar-refractivity contribution in [3.63, 3.8) is 0 Å². The van der Waals surface area contributed by atoms with Gasteiger partial charge in [-0.25, -0.2) is 18.0 Å². The average molecular weight is 372 g/mol. The number of ether oxygens (including phenoxy) is 1. The second kappa shape index (κ2) is 6.70. The van der Waals surface area contributed by atoms with Gasteiger partial charge in [0.05, 0.1) is 5.39 Å². The summed E-state index contributed by atoms with van der Waals surface area (Å²) in [5, 5.41) is 8.38. The van der Waals surface area contributed by atoms with E-state index in [2.05, 4.69) is 5.43 Å². The van der Waals surface area contributed by atoms with Crippen LogP contribution in [0.2, 0.25) is 0 Å². The Morgan fingerprint density at radius 1 is 1.23 bits per heavy atom. The Kier molecular flexibility index (Phi) is 4.97. The first kappa shape index (κ1) is 19.3. The predicted molar refractivity (Wildman–Crippen MR) is 85.1 cm³/mol. The molecule has 0 saturated heterocycles. The van der Waals surface area contributed by atoms with Crippen molar-refractivity contribution in [2.24, 2.45) is 0 Å². The van der Waals surface area contributed by atoms with Gasteiger partial charge in [0.15, 0.2) is 17.5 Å². The third-order valence-corrected chi connectivity index (χ3v) is 3.17. The molecule has 0 bridgehead atoms. The first-order valence-corrected chi connectivity index (χ1v) is 7.34. The van der Waals surface area contributed by atoms with Crippen LogP contribution in [0.1, 0.15) is 31.1 Å². The second-order valence-electron chi connectivity index (χ2n) is 6.35. The van der Waals surface area contributed by atoms with Gasteiger partial charge in [-0.15, -0.1) is 0 Å². The summed E-state index contributed by atoms with van der Waals surface area (Å²) in [6, 6.07) is 0.397. The summed E-state index contributed by atoms with van der Waals surface area (Å²) >= 11 is 0. The Morgan fingerprint density at radius 2 is 1.85 bits per heavy atom. The molecule has 2 aromatic rings. The highest BCUT2D eigenvalue weighted by molar-refractivity contribution is 5.93. The smallest absolute Gasteiger partial charge is 0.341 e. The number of hydrogen-bond acceptors (Lipinski definition) is 5. The molecule has 1 aromatic heterocycles. The number of halogens is 3. The third-order valence-electron chi connectivity index (χ3n) is 3.17. The van der Waals surface area contributed by atoms with Gasteiger partial charge in [-0.1, -0.05) is 0 Å². The zero-order valence-corrected chi connectivity index (χ0v) is 14.0. The van der Waals surface area contributed by atoms with Crippen molar-refractivity contribution >= 4 is 22.8 Å². The number of aromatic carboxylic acids is 1. The lowest BCUT2D eigenvalue weighted by Gasteiger charge is -2.21. The first-order valence-electron chi connectivity index (χ1n) is 7.34. The molecule has 0 fully saturated rings. The van der Waals surface area contributed by atoms with E-state index in [-0.39, 0.29) is 0 Å². The molecule has 0 aliphatic heterocycles. The van der Waals surface area contributed by atoms with E-state index in [1.165, 1.54) is 0 Å². The minimum Gasteiger partial charge on any atom is -0.477 e. The number of rotatable bonds is 4. The summed E-state index contributed by atoms with van der Waals surface area (Å²) < 4.78 is 46.8. The normalized spacial score (nSPS) is 11.5. The van der Waals surface area contributed by atoms with Gasteiger partial charge < -0.3 is 15.3 Å². The molecule has 140 valence electrons.